The highest BCUT2D eigenvalue weighted by Crippen LogP contribution is 2.23. The van der Waals surface area contributed by atoms with Gasteiger partial charge in [-0.25, -0.2) is 0 Å². The number of benzene rings is 1. The fraction of sp³-hybridized carbons (Fsp3) is 0.400. The van der Waals surface area contributed by atoms with Gasteiger partial charge in [0.25, 0.3) is 0 Å². The summed E-state index contributed by atoms with van der Waals surface area (Å²) in [6.45, 7) is 1.40. The van der Waals surface area contributed by atoms with Crippen molar-refractivity contribution in [2.45, 2.75) is 25.6 Å². The van der Waals surface area contributed by atoms with E-state index >= 15 is 0 Å². The summed E-state index contributed by atoms with van der Waals surface area (Å²) in [5.74, 6) is 0.462. The van der Waals surface area contributed by atoms with Gasteiger partial charge in [0.2, 0.25) is 0 Å². The zero-order valence-corrected chi connectivity index (χ0v) is 7.71. The predicted octanol–water partition coefficient (Wildman–Crippen LogP) is 3.41. The van der Waals surface area contributed by atoms with Gasteiger partial charge in [-0.3, -0.25) is 0 Å². The molecule has 0 spiro atoms. The van der Waals surface area contributed by atoms with Gasteiger partial charge in [-0.2, -0.15) is 13.2 Å². The van der Waals surface area contributed by atoms with Gasteiger partial charge in [0.15, 0.2) is 0 Å². The van der Waals surface area contributed by atoms with Crippen molar-refractivity contribution >= 4 is 0 Å². The summed E-state index contributed by atoms with van der Waals surface area (Å²) >= 11 is 0. The first kappa shape index (κ1) is 10.9. The molecule has 1 unspecified atom stereocenters. The summed E-state index contributed by atoms with van der Waals surface area (Å²) in [5, 5.41) is 0. The summed E-state index contributed by atoms with van der Waals surface area (Å²) in [6, 6.07) is 8.48. The van der Waals surface area contributed by atoms with E-state index in [1.807, 2.05) is 0 Å². The van der Waals surface area contributed by atoms with E-state index in [2.05, 4.69) is 0 Å². The molecule has 0 aromatic heterocycles. The van der Waals surface area contributed by atoms with E-state index in [9.17, 15) is 13.2 Å². The Morgan fingerprint density at radius 3 is 2.29 bits per heavy atom. The highest BCUT2D eigenvalue weighted by atomic mass is 19.4. The Balaban J connectivity index is 2.46. The molecule has 1 aromatic rings. The number of para-hydroxylation sites is 1. The molecule has 4 heteroatoms. The lowest BCUT2D eigenvalue weighted by molar-refractivity contribution is -0.148. The quantitative estimate of drug-likeness (QED) is 0.733. The topological polar surface area (TPSA) is 9.23 Å². The summed E-state index contributed by atoms with van der Waals surface area (Å²) < 4.78 is 40.9. The van der Waals surface area contributed by atoms with E-state index < -0.39 is 18.7 Å². The molecule has 0 fully saturated rings. The fourth-order valence-corrected chi connectivity index (χ4v) is 1.10. The third-order valence-corrected chi connectivity index (χ3v) is 1.60. The van der Waals surface area contributed by atoms with Crippen LogP contribution in [-0.4, -0.2) is 12.3 Å². The molecular formula is C10H11F3O. The van der Waals surface area contributed by atoms with Gasteiger partial charge in [0.05, 0.1) is 6.42 Å². The Morgan fingerprint density at radius 1 is 1.21 bits per heavy atom. The molecule has 0 bridgehead atoms. The van der Waals surface area contributed by atoms with Crippen LogP contribution in [0.3, 0.4) is 0 Å². The summed E-state index contributed by atoms with van der Waals surface area (Å²) in [4.78, 5) is 0. The van der Waals surface area contributed by atoms with Crippen LogP contribution < -0.4 is 4.74 Å². The summed E-state index contributed by atoms with van der Waals surface area (Å²) in [7, 11) is 0. The minimum atomic E-state index is -4.17. The third kappa shape index (κ3) is 4.16. The van der Waals surface area contributed by atoms with E-state index in [1.54, 1.807) is 30.3 Å². The van der Waals surface area contributed by atoms with Gasteiger partial charge in [-0.05, 0) is 19.1 Å². The molecule has 1 rings (SSSR count). The molecule has 1 aromatic carbocycles. The first-order valence-corrected chi connectivity index (χ1v) is 4.26. The smallest absolute Gasteiger partial charge is 0.392 e. The second kappa shape index (κ2) is 4.35. The molecule has 14 heavy (non-hydrogen) atoms. The molecule has 0 heterocycles. The number of alkyl halides is 3. The molecular weight excluding hydrogens is 193 g/mol. The molecule has 0 aliphatic carbocycles. The molecule has 0 aliphatic rings. The highest BCUT2D eigenvalue weighted by molar-refractivity contribution is 5.21. The number of ether oxygens (including phenoxy) is 1. The van der Waals surface area contributed by atoms with Gasteiger partial charge in [0.1, 0.15) is 11.9 Å². The van der Waals surface area contributed by atoms with Gasteiger partial charge in [-0.1, -0.05) is 18.2 Å². The Morgan fingerprint density at radius 2 is 1.79 bits per heavy atom. The van der Waals surface area contributed by atoms with Crippen molar-refractivity contribution in [1.82, 2.24) is 0 Å². The van der Waals surface area contributed by atoms with Crippen LogP contribution in [0.1, 0.15) is 13.3 Å². The Labute approximate surface area is 80.5 Å². The lowest BCUT2D eigenvalue weighted by Gasteiger charge is -2.16. The zero-order chi connectivity index (χ0) is 10.6. The fourth-order valence-electron chi connectivity index (χ4n) is 1.10. The number of rotatable bonds is 3. The second-order valence-corrected chi connectivity index (χ2v) is 3.06. The molecule has 0 radical (unpaired) electrons. The van der Waals surface area contributed by atoms with Crippen LogP contribution in [0, 0.1) is 0 Å². The molecule has 0 aliphatic heterocycles. The minimum absolute atomic E-state index is 0.462. The first-order valence-electron chi connectivity index (χ1n) is 4.26. The maximum absolute atomic E-state index is 11.9. The Bertz CT molecular complexity index is 268. The monoisotopic (exact) mass is 204 g/mol. The normalized spacial score (nSPS) is 13.7. The largest absolute Gasteiger partial charge is 0.490 e. The predicted molar refractivity (Wildman–Crippen MR) is 47.2 cm³/mol. The minimum Gasteiger partial charge on any atom is -0.490 e. The molecule has 1 atom stereocenters. The van der Waals surface area contributed by atoms with Crippen molar-refractivity contribution in [3.63, 3.8) is 0 Å². The van der Waals surface area contributed by atoms with Gasteiger partial charge >= 0.3 is 6.18 Å². The van der Waals surface area contributed by atoms with Crippen LogP contribution in [0.4, 0.5) is 13.2 Å². The molecule has 0 saturated carbocycles. The number of hydrogen-bond donors (Lipinski definition) is 0. The van der Waals surface area contributed by atoms with Gasteiger partial charge < -0.3 is 4.74 Å². The highest BCUT2D eigenvalue weighted by Gasteiger charge is 2.30. The van der Waals surface area contributed by atoms with Crippen molar-refractivity contribution in [3.8, 4) is 5.75 Å². The van der Waals surface area contributed by atoms with Crippen molar-refractivity contribution < 1.29 is 17.9 Å². The van der Waals surface area contributed by atoms with Crippen LogP contribution in [0.2, 0.25) is 0 Å². The van der Waals surface area contributed by atoms with E-state index in [-0.39, 0.29) is 0 Å². The molecule has 1 nitrogen and oxygen atoms in total. The van der Waals surface area contributed by atoms with Gasteiger partial charge in [0, 0.05) is 0 Å². The van der Waals surface area contributed by atoms with Crippen molar-refractivity contribution in [1.29, 1.82) is 0 Å². The van der Waals surface area contributed by atoms with Crippen LogP contribution >= 0.6 is 0 Å². The number of hydrogen-bond acceptors (Lipinski definition) is 1. The van der Waals surface area contributed by atoms with E-state index in [0.29, 0.717) is 5.75 Å². The number of halogens is 3. The third-order valence-electron chi connectivity index (χ3n) is 1.60. The van der Waals surface area contributed by atoms with E-state index in [0.717, 1.165) is 0 Å². The molecule has 0 N–H and O–H groups in total. The second-order valence-electron chi connectivity index (χ2n) is 3.06. The molecule has 0 saturated heterocycles. The van der Waals surface area contributed by atoms with Crippen LogP contribution in [0.15, 0.2) is 30.3 Å². The average Bonchev–Trinajstić information content (AvgIpc) is 2.02. The van der Waals surface area contributed by atoms with E-state index in [1.165, 1.54) is 6.92 Å². The van der Waals surface area contributed by atoms with Crippen molar-refractivity contribution in [2.75, 3.05) is 0 Å². The SMILES string of the molecule is CC(CC(F)(F)F)Oc1ccccc1. The lowest BCUT2D eigenvalue weighted by Crippen LogP contribution is -2.21. The van der Waals surface area contributed by atoms with Crippen molar-refractivity contribution in [3.05, 3.63) is 30.3 Å². The first-order chi connectivity index (χ1) is 6.47. The van der Waals surface area contributed by atoms with E-state index in [4.69, 9.17) is 4.74 Å². The molecule has 0 amide bonds. The van der Waals surface area contributed by atoms with Crippen LogP contribution in [0.5, 0.6) is 5.75 Å². The standard InChI is InChI=1S/C10H11F3O/c1-8(7-10(11,12)13)14-9-5-3-2-4-6-9/h2-6,8H,7H2,1H3. The summed E-state index contributed by atoms with van der Waals surface area (Å²) in [6.07, 6.45) is -5.95. The van der Waals surface area contributed by atoms with Crippen LogP contribution in [0.25, 0.3) is 0 Å². The maximum atomic E-state index is 11.9. The maximum Gasteiger partial charge on any atom is 0.392 e. The Kier molecular flexibility index (Phi) is 3.38. The average molecular weight is 204 g/mol. The van der Waals surface area contributed by atoms with Gasteiger partial charge in [-0.15, -0.1) is 0 Å². The lowest BCUT2D eigenvalue weighted by atomic mass is 10.2. The zero-order valence-electron chi connectivity index (χ0n) is 7.71. The van der Waals surface area contributed by atoms with Crippen LogP contribution in [-0.2, 0) is 0 Å². The molecule has 78 valence electrons. The Hall–Kier alpha value is -1.19. The van der Waals surface area contributed by atoms with Crippen molar-refractivity contribution in [2.24, 2.45) is 0 Å². The summed E-state index contributed by atoms with van der Waals surface area (Å²) in [5.41, 5.74) is 0.